The molecule has 0 bridgehead atoms. The van der Waals surface area contributed by atoms with Crippen molar-refractivity contribution in [1.82, 2.24) is 4.98 Å². The largest absolute Gasteiger partial charge is 0.325 e. The van der Waals surface area contributed by atoms with E-state index in [2.05, 4.69) is 10.3 Å². The fraction of sp³-hybridized carbons (Fsp3) is 0.250. The Morgan fingerprint density at radius 1 is 1.29 bits per heavy atom. The maximum Gasteiger partial charge on any atom is 0.229 e. The van der Waals surface area contributed by atoms with E-state index in [9.17, 15) is 9.18 Å². The molecule has 0 aliphatic heterocycles. The van der Waals surface area contributed by atoms with Gasteiger partial charge in [0.05, 0.1) is 5.69 Å². The molecule has 0 fully saturated rings. The number of pyridine rings is 1. The maximum absolute atomic E-state index is 13.9. The number of carbonyl (C=O) groups excluding carboxylic acids is 1. The zero-order chi connectivity index (χ0) is 15.6. The van der Waals surface area contributed by atoms with E-state index < -0.39 is 11.2 Å². The summed E-state index contributed by atoms with van der Waals surface area (Å²) in [5.41, 5.74) is 1.03. The third-order valence-electron chi connectivity index (χ3n) is 2.99. The predicted molar refractivity (Wildman–Crippen MR) is 83.1 cm³/mol. The molecule has 1 aromatic heterocycles. The number of aromatic nitrogens is 1. The van der Waals surface area contributed by atoms with Gasteiger partial charge >= 0.3 is 0 Å². The molecule has 0 saturated carbocycles. The normalized spacial score (nSPS) is 11.2. The van der Waals surface area contributed by atoms with Gasteiger partial charge < -0.3 is 5.32 Å². The lowest BCUT2D eigenvalue weighted by Gasteiger charge is -2.19. The molecule has 0 unspecified atom stereocenters. The van der Waals surface area contributed by atoms with Crippen molar-refractivity contribution < 1.29 is 9.18 Å². The van der Waals surface area contributed by atoms with Gasteiger partial charge in [0, 0.05) is 17.2 Å². The Balaban J connectivity index is 2.49. The average Bonchev–Trinajstić information content (AvgIpc) is 2.40. The monoisotopic (exact) mass is 282 g/mol. The molecule has 0 atom stereocenters. The number of rotatable bonds is 2. The van der Waals surface area contributed by atoms with E-state index >= 15 is 0 Å². The van der Waals surface area contributed by atoms with Crippen molar-refractivity contribution in [3.8, 4) is 11.3 Å². The number of hydrogen-bond donors (Lipinski definition) is 1. The summed E-state index contributed by atoms with van der Waals surface area (Å²) in [6.07, 6.45) is 1.50. The molecule has 0 spiro atoms. The number of carbonyl (C=O) groups is 1. The zero-order valence-corrected chi connectivity index (χ0v) is 12.3. The van der Waals surface area contributed by atoms with Crippen molar-refractivity contribution in [1.29, 1.82) is 0 Å². The summed E-state index contributed by atoms with van der Waals surface area (Å²) in [7, 11) is 5.77. The summed E-state index contributed by atoms with van der Waals surface area (Å²) in [6.45, 7) is 5.42. The molecule has 0 aliphatic carbocycles. The van der Waals surface area contributed by atoms with Crippen LogP contribution in [0.2, 0.25) is 0 Å². The van der Waals surface area contributed by atoms with E-state index in [4.69, 9.17) is 7.85 Å². The van der Waals surface area contributed by atoms with Crippen molar-refractivity contribution in [2.24, 2.45) is 5.41 Å². The van der Waals surface area contributed by atoms with Gasteiger partial charge in [0.15, 0.2) is 0 Å². The molecule has 1 amide bonds. The molecular formula is C16H16BFN2O. The van der Waals surface area contributed by atoms with Crippen molar-refractivity contribution in [2.75, 3.05) is 5.32 Å². The molecule has 2 aromatic rings. The Labute approximate surface area is 125 Å². The van der Waals surface area contributed by atoms with Gasteiger partial charge in [-0.3, -0.25) is 9.78 Å². The van der Waals surface area contributed by atoms with Gasteiger partial charge in [-0.05, 0) is 18.2 Å². The minimum atomic E-state index is -0.554. The molecule has 2 rings (SSSR count). The molecule has 1 heterocycles. The topological polar surface area (TPSA) is 42.0 Å². The SMILES string of the molecule is [B]c1ccc(NC(=O)C(C)(C)C)c(-c2ncccc2F)c1. The third-order valence-corrected chi connectivity index (χ3v) is 2.99. The number of anilines is 1. The number of amides is 1. The van der Waals surface area contributed by atoms with Crippen LogP contribution in [0, 0.1) is 11.2 Å². The van der Waals surface area contributed by atoms with E-state index in [-0.39, 0.29) is 11.6 Å². The maximum atomic E-state index is 13.9. The van der Waals surface area contributed by atoms with E-state index in [1.807, 2.05) is 0 Å². The lowest BCUT2D eigenvalue weighted by molar-refractivity contribution is -0.123. The molecule has 3 nitrogen and oxygen atoms in total. The lowest BCUT2D eigenvalue weighted by atomic mass is 9.91. The summed E-state index contributed by atoms with van der Waals surface area (Å²) in [5.74, 6) is -0.626. The summed E-state index contributed by atoms with van der Waals surface area (Å²) >= 11 is 0. The van der Waals surface area contributed by atoms with Gasteiger partial charge in [-0.2, -0.15) is 0 Å². The number of halogens is 1. The quantitative estimate of drug-likeness (QED) is 0.860. The Hall–Kier alpha value is -2.17. The molecule has 0 saturated heterocycles. The summed E-state index contributed by atoms with van der Waals surface area (Å²) in [6, 6.07) is 7.74. The molecule has 1 aromatic carbocycles. The number of hydrogen-bond acceptors (Lipinski definition) is 2. The highest BCUT2D eigenvalue weighted by molar-refractivity contribution is 6.32. The van der Waals surface area contributed by atoms with Gasteiger partial charge in [0.25, 0.3) is 0 Å². The van der Waals surface area contributed by atoms with Crippen LogP contribution < -0.4 is 10.8 Å². The highest BCUT2D eigenvalue weighted by Gasteiger charge is 2.22. The first-order valence-electron chi connectivity index (χ1n) is 6.61. The first kappa shape index (κ1) is 15.2. The first-order chi connectivity index (χ1) is 9.79. The van der Waals surface area contributed by atoms with Crippen LogP contribution in [0.4, 0.5) is 10.1 Å². The number of nitrogens with one attached hydrogen (secondary N) is 1. The second-order valence-corrected chi connectivity index (χ2v) is 5.84. The minimum Gasteiger partial charge on any atom is -0.325 e. The highest BCUT2D eigenvalue weighted by atomic mass is 19.1. The van der Waals surface area contributed by atoms with Crippen LogP contribution in [0.5, 0.6) is 0 Å². The van der Waals surface area contributed by atoms with Crippen LogP contribution in [0.3, 0.4) is 0 Å². The lowest BCUT2D eigenvalue weighted by Crippen LogP contribution is -2.28. The Morgan fingerprint density at radius 3 is 2.62 bits per heavy atom. The van der Waals surface area contributed by atoms with Crippen molar-refractivity contribution in [2.45, 2.75) is 20.8 Å². The fourth-order valence-electron chi connectivity index (χ4n) is 1.76. The van der Waals surface area contributed by atoms with Crippen LogP contribution in [-0.4, -0.2) is 18.7 Å². The van der Waals surface area contributed by atoms with Crippen LogP contribution in [-0.2, 0) is 4.79 Å². The van der Waals surface area contributed by atoms with E-state index in [1.54, 1.807) is 39.0 Å². The number of benzene rings is 1. The zero-order valence-electron chi connectivity index (χ0n) is 12.3. The summed E-state index contributed by atoms with van der Waals surface area (Å²) in [5, 5.41) is 2.80. The Kier molecular flexibility index (Phi) is 4.12. The molecule has 0 aliphatic rings. The van der Waals surface area contributed by atoms with Crippen molar-refractivity contribution in [3.63, 3.8) is 0 Å². The third kappa shape index (κ3) is 3.48. The smallest absolute Gasteiger partial charge is 0.229 e. The second kappa shape index (κ2) is 5.68. The summed E-state index contributed by atoms with van der Waals surface area (Å²) < 4.78 is 13.9. The van der Waals surface area contributed by atoms with Crippen molar-refractivity contribution in [3.05, 3.63) is 42.3 Å². The molecule has 106 valence electrons. The van der Waals surface area contributed by atoms with Gasteiger partial charge in [0.2, 0.25) is 5.91 Å². The van der Waals surface area contributed by atoms with Crippen molar-refractivity contribution >= 4 is 24.9 Å². The van der Waals surface area contributed by atoms with Gasteiger partial charge in [-0.1, -0.05) is 38.4 Å². The fourth-order valence-corrected chi connectivity index (χ4v) is 1.76. The van der Waals surface area contributed by atoms with Crippen LogP contribution in [0.15, 0.2) is 36.5 Å². The standard InChI is InChI=1S/C16H16BFN2O/c1-16(2,3)15(21)20-13-7-6-10(17)9-11(13)14-12(18)5-4-8-19-14/h4-9H,1-3H3,(H,20,21). The van der Waals surface area contributed by atoms with E-state index in [1.165, 1.54) is 18.3 Å². The molecule has 2 radical (unpaired) electrons. The van der Waals surface area contributed by atoms with Gasteiger partial charge in [0.1, 0.15) is 19.4 Å². The highest BCUT2D eigenvalue weighted by Crippen LogP contribution is 2.28. The Bertz CT molecular complexity index is 680. The Morgan fingerprint density at radius 2 is 2.00 bits per heavy atom. The first-order valence-corrected chi connectivity index (χ1v) is 6.61. The second-order valence-electron chi connectivity index (χ2n) is 5.84. The van der Waals surface area contributed by atoms with E-state index in [0.717, 1.165) is 0 Å². The van der Waals surface area contributed by atoms with Crippen LogP contribution in [0.25, 0.3) is 11.3 Å². The summed E-state index contributed by atoms with van der Waals surface area (Å²) in [4.78, 5) is 16.2. The van der Waals surface area contributed by atoms with Crippen LogP contribution in [0.1, 0.15) is 20.8 Å². The van der Waals surface area contributed by atoms with Gasteiger partial charge in [-0.15, -0.1) is 0 Å². The van der Waals surface area contributed by atoms with Crippen LogP contribution >= 0.6 is 0 Å². The number of nitrogens with zero attached hydrogens (tertiary/aromatic N) is 1. The van der Waals surface area contributed by atoms with E-state index in [0.29, 0.717) is 16.7 Å². The minimum absolute atomic E-state index is 0.161. The average molecular weight is 282 g/mol. The molecule has 5 heteroatoms. The molecule has 1 N–H and O–H groups in total. The molecule has 21 heavy (non-hydrogen) atoms. The predicted octanol–water partition coefficient (Wildman–Crippen LogP) is 2.67. The molecular weight excluding hydrogens is 266 g/mol. The van der Waals surface area contributed by atoms with Gasteiger partial charge in [-0.25, -0.2) is 4.39 Å².